The first-order valence-electron chi connectivity index (χ1n) is 7.55. The molecule has 1 saturated heterocycles. The topological polar surface area (TPSA) is 51.7 Å². The van der Waals surface area contributed by atoms with E-state index < -0.39 is 5.60 Å². The van der Waals surface area contributed by atoms with Crippen molar-refractivity contribution < 1.29 is 14.3 Å². The first-order chi connectivity index (χ1) is 10.8. The van der Waals surface area contributed by atoms with Crippen molar-refractivity contribution in [1.82, 2.24) is 9.88 Å². The first-order valence-corrected chi connectivity index (χ1v) is 7.92. The van der Waals surface area contributed by atoms with Crippen LogP contribution in [0.3, 0.4) is 0 Å². The molecule has 23 heavy (non-hydrogen) atoms. The summed E-state index contributed by atoms with van der Waals surface area (Å²) in [6.07, 6.45) is 8.39. The summed E-state index contributed by atoms with van der Waals surface area (Å²) in [5.41, 5.74) is -0.0213. The van der Waals surface area contributed by atoms with E-state index in [2.05, 4.69) is 10.9 Å². The lowest BCUT2D eigenvalue weighted by atomic mass is 10.2. The van der Waals surface area contributed by atoms with E-state index in [0.717, 1.165) is 12.8 Å². The second-order valence-electron chi connectivity index (χ2n) is 6.43. The average molecular weight is 337 g/mol. The standard InChI is InChI=1S/C17H21ClN2O3/c1-5-12-9-14(10-19-15(12)18)22-11-13-7-6-8-20(13)16(21)23-17(2,3)4/h1,9-10,13H,6-8,11H2,2-4H3/t13-/m0/s1. The monoisotopic (exact) mass is 336 g/mol. The van der Waals surface area contributed by atoms with Crippen molar-refractivity contribution in [3.8, 4) is 18.1 Å². The molecule has 2 rings (SSSR count). The Bertz CT molecular complexity index is 619. The maximum atomic E-state index is 12.2. The second kappa shape index (κ2) is 7.10. The third-order valence-electron chi connectivity index (χ3n) is 3.42. The third kappa shape index (κ3) is 4.77. The Kier molecular flexibility index (Phi) is 5.38. The van der Waals surface area contributed by atoms with Gasteiger partial charge < -0.3 is 14.4 Å². The van der Waals surface area contributed by atoms with E-state index in [1.807, 2.05) is 20.8 Å². The fourth-order valence-electron chi connectivity index (χ4n) is 2.37. The fraction of sp³-hybridized carbons (Fsp3) is 0.529. The van der Waals surface area contributed by atoms with Gasteiger partial charge in [-0.25, -0.2) is 9.78 Å². The lowest BCUT2D eigenvalue weighted by Gasteiger charge is -2.28. The fourth-order valence-corrected chi connectivity index (χ4v) is 2.53. The molecular weight excluding hydrogens is 316 g/mol. The number of likely N-dealkylation sites (tertiary alicyclic amines) is 1. The molecule has 0 spiro atoms. The number of halogens is 1. The molecule has 0 bridgehead atoms. The molecule has 6 heteroatoms. The number of pyridine rings is 1. The predicted molar refractivity (Wildman–Crippen MR) is 88.6 cm³/mol. The van der Waals surface area contributed by atoms with Crippen molar-refractivity contribution in [2.75, 3.05) is 13.2 Å². The minimum absolute atomic E-state index is 0.0187. The van der Waals surface area contributed by atoms with Gasteiger partial charge >= 0.3 is 6.09 Å². The van der Waals surface area contributed by atoms with E-state index in [1.165, 1.54) is 6.20 Å². The van der Waals surface area contributed by atoms with Crippen molar-refractivity contribution >= 4 is 17.7 Å². The Hall–Kier alpha value is -1.93. The zero-order chi connectivity index (χ0) is 17.0. The molecule has 1 amide bonds. The van der Waals surface area contributed by atoms with Gasteiger partial charge in [-0.1, -0.05) is 17.5 Å². The van der Waals surface area contributed by atoms with Crippen LogP contribution in [0.5, 0.6) is 5.75 Å². The summed E-state index contributed by atoms with van der Waals surface area (Å²) in [6.45, 7) is 6.61. The van der Waals surface area contributed by atoms with Gasteiger partial charge in [0, 0.05) is 12.6 Å². The van der Waals surface area contributed by atoms with Crippen LogP contribution in [0.4, 0.5) is 4.79 Å². The maximum Gasteiger partial charge on any atom is 0.410 e. The van der Waals surface area contributed by atoms with Gasteiger partial charge in [-0.15, -0.1) is 6.42 Å². The number of rotatable bonds is 3. The minimum Gasteiger partial charge on any atom is -0.490 e. The normalized spacial score (nSPS) is 17.7. The van der Waals surface area contributed by atoms with Crippen molar-refractivity contribution in [3.05, 3.63) is 23.0 Å². The number of ether oxygens (including phenoxy) is 2. The van der Waals surface area contributed by atoms with E-state index in [4.69, 9.17) is 27.5 Å². The summed E-state index contributed by atoms with van der Waals surface area (Å²) >= 11 is 5.87. The van der Waals surface area contributed by atoms with Gasteiger partial charge in [0.2, 0.25) is 0 Å². The zero-order valence-corrected chi connectivity index (χ0v) is 14.4. The van der Waals surface area contributed by atoms with Crippen molar-refractivity contribution in [1.29, 1.82) is 0 Å². The van der Waals surface area contributed by atoms with E-state index in [1.54, 1.807) is 11.0 Å². The highest BCUT2D eigenvalue weighted by Gasteiger charge is 2.32. The molecule has 124 valence electrons. The van der Waals surface area contributed by atoms with E-state index in [-0.39, 0.29) is 17.3 Å². The molecule has 1 fully saturated rings. The number of carbonyl (C=O) groups excluding carboxylic acids is 1. The summed E-state index contributed by atoms with van der Waals surface area (Å²) in [5.74, 6) is 3.00. The Balaban J connectivity index is 1.97. The highest BCUT2D eigenvalue weighted by molar-refractivity contribution is 6.30. The van der Waals surface area contributed by atoms with Crippen molar-refractivity contribution in [2.24, 2.45) is 0 Å². The Morgan fingerprint density at radius 2 is 2.30 bits per heavy atom. The smallest absolute Gasteiger partial charge is 0.410 e. The molecule has 1 aromatic rings. The van der Waals surface area contributed by atoms with E-state index in [9.17, 15) is 4.79 Å². The lowest BCUT2D eigenvalue weighted by molar-refractivity contribution is 0.0187. The van der Waals surface area contributed by atoms with Crippen LogP contribution in [0, 0.1) is 12.3 Å². The predicted octanol–water partition coefficient (Wildman–Crippen LogP) is 3.49. The summed E-state index contributed by atoms with van der Waals surface area (Å²) in [4.78, 5) is 17.9. The molecule has 1 aromatic heterocycles. The first kappa shape index (κ1) is 17.4. The van der Waals surface area contributed by atoms with E-state index in [0.29, 0.717) is 24.5 Å². The highest BCUT2D eigenvalue weighted by Crippen LogP contribution is 2.23. The van der Waals surface area contributed by atoms with Crippen LogP contribution < -0.4 is 4.74 Å². The van der Waals surface area contributed by atoms with Gasteiger partial charge in [-0.3, -0.25) is 0 Å². The maximum absolute atomic E-state index is 12.2. The van der Waals surface area contributed by atoms with Gasteiger partial charge in [0.25, 0.3) is 0 Å². The molecule has 0 radical (unpaired) electrons. The van der Waals surface area contributed by atoms with Gasteiger partial charge in [0.05, 0.1) is 17.8 Å². The molecule has 2 heterocycles. The van der Waals surface area contributed by atoms with Crippen LogP contribution in [0.2, 0.25) is 5.15 Å². The highest BCUT2D eigenvalue weighted by atomic mass is 35.5. The van der Waals surface area contributed by atoms with Crippen LogP contribution in [0.25, 0.3) is 0 Å². The molecule has 5 nitrogen and oxygen atoms in total. The SMILES string of the molecule is C#Cc1cc(OC[C@@H]2CCCN2C(=O)OC(C)(C)C)cnc1Cl. The summed E-state index contributed by atoms with van der Waals surface area (Å²) in [6, 6.07) is 1.65. The quantitative estimate of drug-likeness (QED) is 0.626. The average Bonchev–Trinajstić information content (AvgIpc) is 2.93. The molecule has 1 aliphatic heterocycles. The molecule has 0 aromatic carbocycles. The molecule has 1 aliphatic rings. The Morgan fingerprint density at radius 1 is 1.57 bits per heavy atom. The van der Waals surface area contributed by atoms with Crippen molar-refractivity contribution in [3.63, 3.8) is 0 Å². The number of aromatic nitrogens is 1. The largest absolute Gasteiger partial charge is 0.490 e. The second-order valence-corrected chi connectivity index (χ2v) is 6.79. The molecular formula is C17H21ClN2O3. The number of carbonyl (C=O) groups is 1. The van der Waals surface area contributed by atoms with Crippen LogP contribution in [0.15, 0.2) is 12.3 Å². The van der Waals surface area contributed by atoms with Gasteiger partial charge in [-0.2, -0.15) is 0 Å². The molecule has 0 saturated carbocycles. The molecule has 0 unspecified atom stereocenters. The zero-order valence-electron chi connectivity index (χ0n) is 13.6. The lowest BCUT2D eigenvalue weighted by Crippen LogP contribution is -2.42. The summed E-state index contributed by atoms with van der Waals surface area (Å²) < 4.78 is 11.2. The molecule has 0 aliphatic carbocycles. The molecule has 1 atom stereocenters. The van der Waals surface area contributed by atoms with E-state index >= 15 is 0 Å². The van der Waals surface area contributed by atoms with Gasteiger partial charge in [-0.05, 0) is 33.6 Å². The summed E-state index contributed by atoms with van der Waals surface area (Å²) in [5, 5.41) is 0.274. The Labute approximate surface area is 141 Å². The third-order valence-corrected chi connectivity index (χ3v) is 3.72. The van der Waals surface area contributed by atoms with Gasteiger partial charge in [0.1, 0.15) is 23.1 Å². The van der Waals surface area contributed by atoms with Crippen molar-refractivity contribution in [2.45, 2.75) is 45.3 Å². The summed E-state index contributed by atoms with van der Waals surface area (Å²) in [7, 11) is 0. The number of amides is 1. The molecule has 0 N–H and O–H groups in total. The number of hydrogen-bond donors (Lipinski definition) is 0. The van der Waals surface area contributed by atoms with Crippen LogP contribution in [-0.4, -0.2) is 40.8 Å². The van der Waals surface area contributed by atoms with Crippen LogP contribution >= 0.6 is 11.6 Å². The van der Waals surface area contributed by atoms with Gasteiger partial charge in [0.15, 0.2) is 0 Å². The van der Waals surface area contributed by atoms with Crippen LogP contribution in [0.1, 0.15) is 39.2 Å². The minimum atomic E-state index is -0.507. The van der Waals surface area contributed by atoms with Crippen LogP contribution in [-0.2, 0) is 4.74 Å². The Morgan fingerprint density at radius 3 is 2.96 bits per heavy atom. The number of nitrogens with zero attached hydrogens (tertiary/aromatic N) is 2. The number of terminal acetylenes is 1. The number of hydrogen-bond acceptors (Lipinski definition) is 4.